The number of amides is 2. The first-order chi connectivity index (χ1) is 7.92. The topological polar surface area (TPSA) is 81.4 Å². The van der Waals surface area contributed by atoms with Crippen LogP contribution >= 0.6 is 0 Å². The zero-order chi connectivity index (χ0) is 12.9. The van der Waals surface area contributed by atoms with E-state index in [2.05, 4.69) is 5.32 Å². The van der Waals surface area contributed by atoms with Crippen LogP contribution in [-0.2, 0) is 16.1 Å². The van der Waals surface area contributed by atoms with E-state index in [0.29, 0.717) is 6.54 Å². The Morgan fingerprint density at radius 3 is 2.41 bits per heavy atom. The SMILES string of the molecule is CC(C)(OC(=O)NCc1ccccc1)C(N)=O. The van der Waals surface area contributed by atoms with Crippen molar-refractivity contribution in [3.63, 3.8) is 0 Å². The lowest BCUT2D eigenvalue weighted by atomic mass is 10.1. The molecule has 92 valence electrons. The van der Waals surface area contributed by atoms with Crippen molar-refractivity contribution in [1.29, 1.82) is 0 Å². The zero-order valence-corrected chi connectivity index (χ0v) is 9.90. The van der Waals surface area contributed by atoms with Gasteiger partial charge in [0.2, 0.25) is 0 Å². The Morgan fingerprint density at radius 1 is 1.29 bits per heavy atom. The van der Waals surface area contributed by atoms with Crippen LogP contribution in [0.25, 0.3) is 0 Å². The van der Waals surface area contributed by atoms with E-state index in [-0.39, 0.29) is 0 Å². The molecule has 5 nitrogen and oxygen atoms in total. The highest BCUT2D eigenvalue weighted by Crippen LogP contribution is 2.08. The summed E-state index contributed by atoms with van der Waals surface area (Å²) in [6.07, 6.45) is -0.669. The van der Waals surface area contributed by atoms with Crippen LogP contribution in [0.4, 0.5) is 4.79 Å². The third kappa shape index (κ3) is 4.14. The van der Waals surface area contributed by atoms with Crippen LogP contribution in [0.1, 0.15) is 19.4 Å². The molecule has 1 rings (SSSR count). The molecule has 17 heavy (non-hydrogen) atoms. The highest BCUT2D eigenvalue weighted by Gasteiger charge is 2.29. The summed E-state index contributed by atoms with van der Waals surface area (Å²) in [7, 11) is 0. The van der Waals surface area contributed by atoms with Gasteiger partial charge in [0.05, 0.1) is 0 Å². The molecule has 0 aliphatic carbocycles. The summed E-state index contributed by atoms with van der Waals surface area (Å²) in [5.74, 6) is -0.688. The van der Waals surface area contributed by atoms with E-state index in [4.69, 9.17) is 10.5 Å². The molecule has 0 atom stereocenters. The summed E-state index contributed by atoms with van der Waals surface area (Å²) < 4.78 is 4.90. The van der Waals surface area contributed by atoms with E-state index in [9.17, 15) is 9.59 Å². The highest BCUT2D eigenvalue weighted by atomic mass is 16.6. The summed E-state index contributed by atoms with van der Waals surface area (Å²) in [5, 5.41) is 2.54. The first-order valence-corrected chi connectivity index (χ1v) is 5.22. The second-order valence-electron chi connectivity index (χ2n) is 4.10. The first-order valence-electron chi connectivity index (χ1n) is 5.22. The van der Waals surface area contributed by atoms with Gasteiger partial charge in [-0.05, 0) is 19.4 Å². The van der Waals surface area contributed by atoms with Crippen molar-refractivity contribution in [2.45, 2.75) is 26.0 Å². The standard InChI is InChI=1S/C12H16N2O3/c1-12(2,10(13)15)17-11(16)14-8-9-6-4-3-5-7-9/h3-7H,8H2,1-2H3,(H2,13,15)(H,14,16). The molecule has 0 bridgehead atoms. The Hall–Kier alpha value is -2.04. The van der Waals surface area contributed by atoms with Crippen molar-refractivity contribution in [2.24, 2.45) is 5.73 Å². The van der Waals surface area contributed by atoms with Gasteiger partial charge in [-0.15, -0.1) is 0 Å². The summed E-state index contributed by atoms with van der Waals surface area (Å²) in [6.45, 7) is 3.23. The molecule has 0 radical (unpaired) electrons. The van der Waals surface area contributed by atoms with E-state index in [1.165, 1.54) is 13.8 Å². The number of hydrogen-bond donors (Lipinski definition) is 2. The molecule has 0 saturated heterocycles. The van der Waals surface area contributed by atoms with Crippen LogP contribution in [0.15, 0.2) is 30.3 Å². The second-order valence-corrected chi connectivity index (χ2v) is 4.10. The number of carbonyl (C=O) groups excluding carboxylic acids is 2. The molecule has 0 aliphatic rings. The molecule has 0 saturated carbocycles. The third-order valence-electron chi connectivity index (χ3n) is 2.22. The minimum absolute atomic E-state index is 0.342. The zero-order valence-electron chi connectivity index (χ0n) is 9.90. The van der Waals surface area contributed by atoms with Crippen molar-refractivity contribution in [3.8, 4) is 0 Å². The van der Waals surface area contributed by atoms with Gasteiger partial charge in [0.25, 0.3) is 5.91 Å². The van der Waals surface area contributed by atoms with Gasteiger partial charge in [-0.2, -0.15) is 0 Å². The molecule has 5 heteroatoms. The van der Waals surface area contributed by atoms with E-state index < -0.39 is 17.6 Å². The summed E-state index contributed by atoms with van der Waals surface area (Å²) in [6, 6.07) is 9.38. The minimum atomic E-state index is -1.30. The largest absolute Gasteiger partial charge is 0.433 e. The lowest BCUT2D eigenvalue weighted by Gasteiger charge is -2.21. The fraction of sp³-hybridized carbons (Fsp3) is 0.333. The van der Waals surface area contributed by atoms with Crippen LogP contribution in [-0.4, -0.2) is 17.6 Å². The normalized spacial score (nSPS) is 10.7. The summed E-state index contributed by atoms with van der Waals surface area (Å²) >= 11 is 0. The van der Waals surface area contributed by atoms with E-state index >= 15 is 0 Å². The van der Waals surface area contributed by atoms with Crippen LogP contribution in [0.3, 0.4) is 0 Å². The van der Waals surface area contributed by atoms with Crippen LogP contribution in [0.2, 0.25) is 0 Å². The lowest BCUT2D eigenvalue weighted by molar-refractivity contribution is -0.133. The average Bonchev–Trinajstić information content (AvgIpc) is 2.27. The number of rotatable bonds is 4. The highest BCUT2D eigenvalue weighted by molar-refractivity contribution is 5.85. The fourth-order valence-electron chi connectivity index (χ4n) is 1.09. The molecule has 1 aromatic rings. The van der Waals surface area contributed by atoms with Crippen molar-refractivity contribution in [2.75, 3.05) is 0 Å². The summed E-state index contributed by atoms with van der Waals surface area (Å²) in [4.78, 5) is 22.3. The van der Waals surface area contributed by atoms with Crippen LogP contribution in [0.5, 0.6) is 0 Å². The van der Waals surface area contributed by atoms with Crippen LogP contribution < -0.4 is 11.1 Å². The van der Waals surface area contributed by atoms with Gasteiger partial charge in [-0.3, -0.25) is 4.79 Å². The molecule has 0 fully saturated rings. The molecule has 0 spiro atoms. The van der Waals surface area contributed by atoms with E-state index in [1.807, 2.05) is 30.3 Å². The molecule has 3 N–H and O–H groups in total. The molecular formula is C12H16N2O3. The Labute approximate surface area is 99.9 Å². The molecule has 0 heterocycles. The van der Waals surface area contributed by atoms with Gasteiger partial charge in [0.1, 0.15) is 0 Å². The van der Waals surface area contributed by atoms with Crippen molar-refractivity contribution < 1.29 is 14.3 Å². The van der Waals surface area contributed by atoms with Crippen LogP contribution in [0, 0.1) is 0 Å². The molecule has 0 aromatic heterocycles. The third-order valence-corrected chi connectivity index (χ3v) is 2.22. The number of nitrogens with two attached hydrogens (primary N) is 1. The van der Waals surface area contributed by atoms with E-state index in [0.717, 1.165) is 5.56 Å². The lowest BCUT2D eigenvalue weighted by Crippen LogP contribution is -2.44. The number of hydrogen-bond acceptors (Lipinski definition) is 3. The monoisotopic (exact) mass is 236 g/mol. The molecule has 1 aromatic carbocycles. The number of nitrogens with one attached hydrogen (secondary N) is 1. The van der Waals surface area contributed by atoms with Gasteiger partial charge in [-0.1, -0.05) is 30.3 Å². The molecule has 2 amide bonds. The Balaban J connectivity index is 2.44. The number of ether oxygens (including phenoxy) is 1. The number of carbonyl (C=O) groups is 2. The average molecular weight is 236 g/mol. The smallest absolute Gasteiger partial charge is 0.408 e. The first kappa shape index (κ1) is 13.0. The number of alkyl carbamates (subject to hydrolysis) is 1. The quantitative estimate of drug-likeness (QED) is 0.823. The number of benzene rings is 1. The van der Waals surface area contributed by atoms with Crippen molar-refractivity contribution in [3.05, 3.63) is 35.9 Å². The van der Waals surface area contributed by atoms with Gasteiger partial charge >= 0.3 is 6.09 Å². The second kappa shape index (κ2) is 5.34. The molecular weight excluding hydrogens is 220 g/mol. The minimum Gasteiger partial charge on any atom is -0.433 e. The predicted octanol–water partition coefficient (Wildman–Crippen LogP) is 1.18. The van der Waals surface area contributed by atoms with Crippen molar-refractivity contribution >= 4 is 12.0 Å². The van der Waals surface area contributed by atoms with Crippen molar-refractivity contribution in [1.82, 2.24) is 5.32 Å². The summed E-state index contributed by atoms with van der Waals surface area (Å²) in [5.41, 5.74) is 4.72. The molecule has 0 unspecified atom stereocenters. The van der Waals surface area contributed by atoms with Gasteiger partial charge in [0.15, 0.2) is 5.60 Å². The maximum Gasteiger partial charge on any atom is 0.408 e. The van der Waals surface area contributed by atoms with Gasteiger partial charge in [0, 0.05) is 6.54 Å². The number of primary amides is 1. The maximum absolute atomic E-state index is 11.4. The maximum atomic E-state index is 11.4. The molecule has 0 aliphatic heterocycles. The predicted molar refractivity (Wildman–Crippen MR) is 63.0 cm³/mol. The fourth-order valence-corrected chi connectivity index (χ4v) is 1.09. The Kier molecular flexibility index (Phi) is 4.09. The van der Waals surface area contributed by atoms with Gasteiger partial charge < -0.3 is 15.8 Å². The Bertz CT molecular complexity index is 401. The van der Waals surface area contributed by atoms with Gasteiger partial charge in [-0.25, -0.2) is 4.79 Å². The van der Waals surface area contributed by atoms with E-state index in [1.54, 1.807) is 0 Å². The Morgan fingerprint density at radius 2 is 1.88 bits per heavy atom.